The Bertz CT molecular complexity index is 287. The summed E-state index contributed by atoms with van der Waals surface area (Å²) < 4.78 is 0. The van der Waals surface area contributed by atoms with Gasteiger partial charge in [0.2, 0.25) is 5.12 Å². The van der Waals surface area contributed by atoms with Gasteiger partial charge in [-0.2, -0.15) is 0 Å². The summed E-state index contributed by atoms with van der Waals surface area (Å²) in [5.41, 5.74) is 1.00. The molecule has 0 heterocycles. The number of para-hydroxylation sites is 1. The third-order valence-electron chi connectivity index (χ3n) is 1.97. The highest BCUT2D eigenvalue weighted by Gasteiger charge is 2.01. The molecule has 1 aromatic rings. The Balaban J connectivity index is 2.17. The maximum absolute atomic E-state index is 11.4. The largest absolute Gasteiger partial charge is 0.377 e. The molecule has 0 saturated carbocycles. The molecule has 1 rings (SSSR count). The second-order valence-electron chi connectivity index (χ2n) is 3.29. The van der Waals surface area contributed by atoms with Crippen LogP contribution in [0.15, 0.2) is 30.3 Å². The molecule has 0 unspecified atom stereocenters. The van der Waals surface area contributed by atoms with Crippen molar-refractivity contribution in [3.63, 3.8) is 0 Å². The number of thioether (sulfide) groups is 1. The summed E-state index contributed by atoms with van der Waals surface area (Å²) in [5, 5.41) is 3.32. The number of hydrogen-bond donors (Lipinski definition) is 1. The summed E-state index contributed by atoms with van der Waals surface area (Å²) in [4.78, 5) is 11.4. The fourth-order valence-electron chi connectivity index (χ4n) is 1.11. The third-order valence-corrected chi connectivity index (χ3v) is 2.93. The Hall–Kier alpha value is -0.960. The van der Waals surface area contributed by atoms with Crippen LogP contribution in [-0.4, -0.2) is 17.4 Å². The minimum absolute atomic E-state index is 0.215. The summed E-state index contributed by atoms with van der Waals surface area (Å²) in [6.45, 7) is 2.55. The second kappa shape index (κ2) is 7.35. The van der Waals surface area contributed by atoms with Gasteiger partial charge in [-0.1, -0.05) is 43.3 Å². The van der Waals surface area contributed by atoms with Crippen LogP contribution in [0.4, 0.5) is 5.69 Å². The maximum atomic E-state index is 11.4. The van der Waals surface area contributed by atoms with Crippen molar-refractivity contribution in [3.8, 4) is 0 Å². The SMILES string of the molecule is CCCCSC(=O)CNc1ccccc1. The van der Waals surface area contributed by atoms with Crippen LogP contribution in [0.1, 0.15) is 19.8 Å². The molecule has 0 atom stereocenters. The fraction of sp³-hybridized carbons (Fsp3) is 0.417. The van der Waals surface area contributed by atoms with E-state index >= 15 is 0 Å². The number of hydrogen-bond acceptors (Lipinski definition) is 3. The average Bonchev–Trinajstić information content (AvgIpc) is 2.28. The molecule has 2 nitrogen and oxygen atoms in total. The van der Waals surface area contributed by atoms with Crippen molar-refractivity contribution >= 4 is 22.6 Å². The second-order valence-corrected chi connectivity index (χ2v) is 4.45. The van der Waals surface area contributed by atoms with Gasteiger partial charge < -0.3 is 5.32 Å². The lowest BCUT2D eigenvalue weighted by Gasteiger charge is -2.04. The Kier molecular flexibility index (Phi) is 5.93. The molecule has 0 aliphatic carbocycles. The van der Waals surface area contributed by atoms with Crippen molar-refractivity contribution in [2.45, 2.75) is 19.8 Å². The molecule has 3 heteroatoms. The lowest BCUT2D eigenvalue weighted by Crippen LogP contribution is -2.10. The number of carbonyl (C=O) groups is 1. The van der Waals surface area contributed by atoms with Gasteiger partial charge in [0.25, 0.3) is 0 Å². The summed E-state index contributed by atoms with van der Waals surface area (Å²) in [5.74, 6) is 0.936. The predicted molar refractivity (Wildman–Crippen MR) is 67.3 cm³/mol. The van der Waals surface area contributed by atoms with Gasteiger partial charge in [0, 0.05) is 11.4 Å². The van der Waals surface area contributed by atoms with E-state index in [1.807, 2.05) is 30.3 Å². The van der Waals surface area contributed by atoms with Crippen LogP contribution in [0.25, 0.3) is 0 Å². The molecule has 0 spiro atoms. The van der Waals surface area contributed by atoms with E-state index in [-0.39, 0.29) is 5.12 Å². The number of anilines is 1. The molecule has 0 radical (unpaired) electrons. The van der Waals surface area contributed by atoms with Gasteiger partial charge in [-0.15, -0.1) is 0 Å². The lowest BCUT2D eigenvalue weighted by molar-refractivity contribution is -0.109. The van der Waals surface area contributed by atoms with Crippen LogP contribution in [-0.2, 0) is 4.79 Å². The molecule has 0 fully saturated rings. The van der Waals surface area contributed by atoms with E-state index in [1.165, 1.54) is 11.8 Å². The van der Waals surface area contributed by atoms with Crippen LogP contribution in [0.2, 0.25) is 0 Å². The molecule has 0 aliphatic rings. The lowest BCUT2D eigenvalue weighted by atomic mass is 10.3. The smallest absolute Gasteiger partial charge is 0.207 e. The number of rotatable bonds is 6. The summed E-state index contributed by atoms with van der Waals surface area (Å²) >= 11 is 1.42. The van der Waals surface area contributed by atoms with Crippen LogP contribution < -0.4 is 5.32 Å². The molecule has 15 heavy (non-hydrogen) atoms. The minimum Gasteiger partial charge on any atom is -0.377 e. The van der Waals surface area contributed by atoms with Gasteiger partial charge >= 0.3 is 0 Å². The Morgan fingerprint density at radius 1 is 1.33 bits per heavy atom. The number of benzene rings is 1. The molecular weight excluding hydrogens is 206 g/mol. The first-order chi connectivity index (χ1) is 7.33. The first-order valence-corrected chi connectivity index (χ1v) is 6.26. The van der Waals surface area contributed by atoms with Gasteiger partial charge in [0.1, 0.15) is 0 Å². The van der Waals surface area contributed by atoms with Crippen molar-refractivity contribution in [2.24, 2.45) is 0 Å². The summed E-state index contributed by atoms with van der Waals surface area (Å²) in [7, 11) is 0. The average molecular weight is 223 g/mol. The van der Waals surface area contributed by atoms with E-state index in [1.54, 1.807) is 0 Å². The molecule has 1 aromatic carbocycles. The third kappa shape index (κ3) is 5.47. The van der Waals surface area contributed by atoms with E-state index in [9.17, 15) is 4.79 Å². The summed E-state index contributed by atoms with van der Waals surface area (Å²) in [6.07, 6.45) is 2.26. The minimum atomic E-state index is 0.215. The standard InChI is InChI=1S/C12H17NOS/c1-2-3-9-15-12(14)10-13-11-7-5-4-6-8-11/h4-8,13H,2-3,9-10H2,1H3. The van der Waals surface area contributed by atoms with Crippen molar-refractivity contribution in [2.75, 3.05) is 17.6 Å². The monoisotopic (exact) mass is 223 g/mol. The van der Waals surface area contributed by atoms with Crippen LogP contribution in [0, 0.1) is 0 Å². The highest BCUT2D eigenvalue weighted by Crippen LogP contribution is 2.08. The molecule has 0 bridgehead atoms. The Labute approximate surface area is 95.5 Å². The van der Waals surface area contributed by atoms with Crippen molar-refractivity contribution < 1.29 is 4.79 Å². The summed E-state index contributed by atoms with van der Waals surface area (Å²) in [6, 6.07) is 9.80. The Morgan fingerprint density at radius 3 is 2.73 bits per heavy atom. The van der Waals surface area contributed by atoms with Gasteiger partial charge in [-0.25, -0.2) is 0 Å². The highest BCUT2D eigenvalue weighted by molar-refractivity contribution is 8.13. The normalized spacial score (nSPS) is 9.93. The first-order valence-electron chi connectivity index (χ1n) is 5.27. The topological polar surface area (TPSA) is 29.1 Å². The first kappa shape index (κ1) is 12.1. The predicted octanol–water partition coefficient (Wildman–Crippen LogP) is 3.16. The molecule has 0 aliphatic heterocycles. The molecule has 82 valence electrons. The zero-order valence-electron chi connectivity index (χ0n) is 9.03. The fourth-order valence-corrected chi connectivity index (χ4v) is 1.95. The van der Waals surface area contributed by atoms with Gasteiger partial charge in [0.05, 0.1) is 6.54 Å². The van der Waals surface area contributed by atoms with Crippen molar-refractivity contribution in [3.05, 3.63) is 30.3 Å². The van der Waals surface area contributed by atoms with E-state index in [0.29, 0.717) is 6.54 Å². The van der Waals surface area contributed by atoms with Gasteiger partial charge in [-0.05, 0) is 18.6 Å². The number of carbonyl (C=O) groups excluding carboxylic acids is 1. The van der Waals surface area contributed by atoms with E-state index in [0.717, 1.165) is 24.3 Å². The zero-order valence-corrected chi connectivity index (χ0v) is 9.85. The van der Waals surface area contributed by atoms with Crippen LogP contribution >= 0.6 is 11.8 Å². The van der Waals surface area contributed by atoms with Crippen LogP contribution in [0.3, 0.4) is 0 Å². The van der Waals surface area contributed by atoms with Crippen molar-refractivity contribution in [1.82, 2.24) is 0 Å². The molecule has 0 amide bonds. The quantitative estimate of drug-likeness (QED) is 0.751. The zero-order chi connectivity index (χ0) is 10.9. The van der Waals surface area contributed by atoms with Crippen LogP contribution in [0.5, 0.6) is 0 Å². The maximum Gasteiger partial charge on any atom is 0.207 e. The van der Waals surface area contributed by atoms with Gasteiger partial charge in [0.15, 0.2) is 0 Å². The molecule has 1 N–H and O–H groups in total. The molecule has 0 aromatic heterocycles. The molecular formula is C12H17NOS. The highest BCUT2D eigenvalue weighted by atomic mass is 32.2. The number of nitrogens with one attached hydrogen (secondary N) is 1. The molecule has 0 saturated heterocycles. The number of unbranched alkanes of at least 4 members (excludes halogenated alkanes) is 1. The van der Waals surface area contributed by atoms with Crippen molar-refractivity contribution in [1.29, 1.82) is 0 Å². The Morgan fingerprint density at radius 2 is 2.07 bits per heavy atom. The van der Waals surface area contributed by atoms with E-state index in [4.69, 9.17) is 0 Å². The van der Waals surface area contributed by atoms with E-state index in [2.05, 4.69) is 12.2 Å². The van der Waals surface area contributed by atoms with E-state index < -0.39 is 0 Å². The van der Waals surface area contributed by atoms with Gasteiger partial charge in [-0.3, -0.25) is 4.79 Å².